The van der Waals surface area contributed by atoms with Gasteiger partial charge in [0.1, 0.15) is 0 Å². The van der Waals surface area contributed by atoms with Gasteiger partial charge in [0.25, 0.3) is 12.3 Å². The number of rotatable bonds is 7. The molecule has 7 heteroatoms. The third-order valence-corrected chi connectivity index (χ3v) is 3.10. The Morgan fingerprint density at radius 1 is 1.37 bits per heavy atom. The molecule has 0 aromatic heterocycles. The van der Waals surface area contributed by atoms with E-state index in [1.165, 1.54) is 30.0 Å². The van der Waals surface area contributed by atoms with Crippen LogP contribution in [-0.2, 0) is 4.79 Å². The first-order valence-corrected chi connectivity index (χ1v) is 6.62. The Morgan fingerprint density at radius 3 is 2.74 bits per heavy atom. The molecule has 0 atom stereocenters. The lowest BCUT2D eigenvalue weighted by molar-refractivity contribution is -0.133. The summed E-state index contributed by atoms with van der Waals surface area (Å²) in [5.74, 6) is -0.942. The summed E-state index contributed by atoms with van der Waals surface area (Å²) in [6.07, 6.45) is -2.61. The number of carboxylic acid groups (broad SMARTS) is 1. The average molecular weight is 289 g/mol. The molecule has 2 N–H and O–H groups in total. The van der Waals surface area contributed by atoms with Crippen LogP contribution >= 0.6 is 11.8 Å². The Labute approximate surface area is 113 Å². The van der Waals surface area contributed by atoms with E-state index in [0.717, 1.165) is 6.07 Å². The summed E-state index contributed by atoms with van der Waals surface area (Å²) < 4.78 is 24.9. The molecule has 1 aromatic rings. The molecule has 19 heavy (non-hydrogen) atoms. The quantitative estimate of drug-likeness (QED) is 0.755. The van der Waals surface area contributed by atoms with Crippen molar-refractivity contribution >= 4 is 23.6 Å². The number of thioether (sulfide) groups is 1. The van der Waals surface area contributed by atoms with Gasteiger partial charge < -0.3 is 10.4 Å². The fraction of sp³-hybridized carbons (Fsp3) is 0.333. The first-order valence-electron chi connectivity index (χ1n) is 5.46. The second-order valence-electron chi connectivity index (χ2n) is 3.63. The molecule has 1 aromatic carbocycles. The number of carbonyl (C=O) groups is 2. The third-order valence-electron chi connectivity index (χ3n) is 2.16. The van der Waals surface area contributed by atoms with Gasteiger partial charge in [0, 0.05) is 23.4 Å². The second-order valence-corrected chi connectivity index (χ2v) is 4.73. The highest BCUT2D eigenvalue weighted by Crippen LogP contribution is 2.19. The molecule has 1 rings (SSSR count). The SMILES string of the molecule is O=C(O)CSCCNC(=O)c1cccc(C(F)F)c1. The first kappa shape index (κ1) is 15.4. The maximum absolute atomic E-state index is 12.4. The van der Waals surface area contributed by atoms with E-state index in [4.69, 9.17) is 5.11 Å². The van der Waals surface area contributed by atoms with Gasteiger partial charge in [-0.05, 0) is 12.1 Å². The van der Waals surface area contributed by atoms with Crippen LogP contribution in [-0.4, -0.2) is 35.0 Å². The molecule has 1 amide bonds. The third kappa shape index (κ3) is 5.69. The number of amides is 1. The highest BCUT2D eigenvalue weighted by atomic mass is 32.2. The summed E-state index contributed by atoms with van der Waals surface area (Å²) in [6, 6.07) is 5.25. The van der Waals surface area contributed by atoms with E-state index in [2.05, 4.69) is 5.32 Å². The molecule has 0 aliphatic rings. The standard InChI is InChI=1S/C12H13F2NO3S/c13-11(14)8-2-1-3-9(6-8)12(18)15-4-5-19-7-10(16)17/h1-3,6,11H,4-5,7H2,(H,15,18)(H,16,17). The zero-order chi connectivity index (χ0) is 14.3. The van der Waals surface area contributed by atoms with Gasteiger partial charge in [0.05, 0.1) is 5.75 Å². The number of carbonyl (C=O) groups excluding carboxylic acids is 1. The lowest BCUT2D eigenvalue weighted by Gasteiger charge is -2.06. The van der Waals surface area contributed by atoms with Crippen LogP contribution in [0, 0.1) is 0 Å². The first-order chi connectivity index (χ1) is 9.00. The number of nitrogens with one attached hydrogen (secondary N) is 1. The Bertz CT molecular complexity index is 454. The predicted octanol–water partition coefficient (Wildman–Crippen LogP) is 2.17. The molecular formula is C12H13F2NO3S. The lowest BCUT2D eigenvalue weighted by Crippen LogP contribution is -2.26. The molecule has 0 saturated heterocycles. The number of hydrogen-bond donors (Lipinski definition) is 2. The number of hydrogen-bond acceptors (Lipinski definition) is 3. The van der Waals surface area contributed by atoms with E-state index in [-0.39, 0.29) is 23.4 Å². The van der Waals surface area contributed by atoms with Gasteiger partial charge in [-0.1, -0.05) is 12.1 Å². The Kier molecular flexibility index (Phi) is 6.27. The minimum Gasteiger partial charge on any atom is -0.481 e. The predicted molar refractivity (Wildman–Crippen MR) is 68.7 cm³/mol. The largest absolute Gasteiger partial charge is 0.481 e. The number of halogens is 2. The zero-order valence-corrected chi connectivity index (χ0v) is 10.8. The molecular weight excluding hydrogens is 276 g/mol. The number of aliphatic carboxylic acids is 1. The van der Waals surface area contributed by atoms with Crippen LogP contribution in [0.4, 0.5) is 8.78 Å². The van der Waals surface area contributed by atoms with Gasteiger partial charge in [0.15, 0.2) is 0 Å². The molecule has 4 nitrogen and oxygen atoms in total. The second kappa shape index (κ2) is 7.73. The molecule has 0 heterocycles. The van der Waals surface area contributed by atoms with Gasteiger partial charge in [-0.25, -0.2) is 8.78 Å². The molecule has 0 unspecified atom stereocenters. The van der Waals surface area contributed by atoms with Gasteiger partial charge in [0.2, 0.25) is 0 Å². The highest BCUT2D eigenvalue weighted by molar-refractivity contribution is 7.99. The van der Waals surface area contributed by atoms with Crippen molar-refractivity contribution in [1.82, 2.24) is 5.32 Å². The molecule has 104 valence electrons. The van der Waals surface area contributed by atoms with Crippen LogP contribution in [0.2, 0.25) is 0 Å². The van der Waals surface area contributed by atoms with E-state index < -0.39 is 18.3 Å². The van der Waals surface area contributed by atoms with E-state index >= 15 is 0 Å². The van der Waals surface area contributed by atoms with Crippen LogP contribution in [0.15, 0.2) is 24.3 Å². The van der Waals surface area contributed by atoms with Crippen molar-refractivity contribution in [2.75, 3.05) is 18.1 Å². The van der Waals surface area contributed by atoms with Crippen LogP contribution in [0.25, 0.3) is 0 Å². The summed E-state index contributed by atoms with van der Waals surface area (Å²) in [6.45, 7) is 0.287. The molecule has 0 aliphatic heterocycles. The smallest absolute Gasteiger partial charge is 0.313 e. The van der Waals surface area contributed by atoms with Crippen molar-refractivity contribution in [3.63, 3.8) is 0 Å². The summed E-state index contributed by atoms with van der Waals surface area (Å²) in [4.78, 5) is 21.9. The van der Waals surface area contributed by atoms with E-state index in [1.54, 1.807) is 0 Å². The lowest BCUT2D eigenvalue weighted by atomic mass is 10.1. The highest BCUT2D eigenvalue weighted by Gasteiger charge is 2.10. The molecule has 0 fully saturated rings. The molecule has 0 bridgehead atoms. The minimum atomic E-state index is -2.61. The zero-order valence-electron chi connectivity index (χ0n) is 9.94. The number of carboxylic acids is 1. The minimum absolute atomic E-state index is 0.0310. The van der Waals surface area contributed by atoms with E-state index in [9.17, 15) is 18.4 Å². The molecule has 0 saturated carbocycles. The van der Waals surface area contributed by atoms with Gasteiger partial charge in [-0.15, -0.1) is 11.8 Å². The topological polar surface area (TPSA) is 66.4 Å². The van der Waals surface area contributed by atoms with Crippen molar-refractivity contribution in [3.05, 3.63) is 35.4 Å². The molecule has 0 aliphatic carbocycles. The number of alkyl halides is 2. The molecule has 0 radical (unpaired) electrons. The van der Waals surface area contributed by atoms with Crippen LogP contribution in [0.5, 0.6) is 0 Å². The fourth-order valence-corrected chi connectivity index (χ4v) is 1.88. The Hall–Kier alpha value is -1.63. The van der Waals surface area contributed by atoms with Gasteiger partial charge in [-0.2, -0.15) is 0 Å². The summed E-state index contributed by atoms with van der Waals surface area (Å²) in [5, 5.41) is 10.9. The van der Waals surface area contributed by atoms with Gasteiger partial charge >= 0.3 is 5.97 Å². The van der Waals surface area contributed by atoms with E-state index in [0.29, 0.717) is 5.75 Å². The van der Waals surface area contributed by atoms with Crippen molar-refractivity contribution < 1.29 is 23.5 Å². The van der Waals surface area contributed by atoms with Crippen LogP contribution < -0.4 is 5.32 Å². The summed E-state index contributed by atoms with van der Waals surface area (Å²) in [7, 11) is 0. The van der Waals surface area contributed by atoms with Crippen LogP contribution in [0.1, 0.15) is 22.3 Å². The average Bonchev–Trinajstić information content (AvgIpc) is 2.37. The summed E-state index contributed by atoms with van der Waals surface area (Å²) in [5.41, 5.74) is -0.0334. The number of benzene rings is 1. The fourth-order valence-electron chi connectivity index (χ4n) is 1.31. The van der Waals surface area contributed by atoms with Crippen molar-refractivity contribution in [2.24, 2.45) is 0 Å². The maximum atomic E-state index is 12.4. The van der Waals surface area contributed by atoms with Gasteiger partial charge in [-0.3, -0.25) is 9.59 Å². The van der Waals surface area contributed by atoms with Crippen LogP contribution in [0.3, 0.4) is 0 Å². The summed E-state index contributed by atoms with van der Waals surface area (Å²) >= 11 is 1.17. The molecule has 0 spiro atoms. The Balaban J connectivity index is 2.41. The van der Waals surface area contributed by atoms with Crippen molar-refractivity contribution in [2.45, 2.75) is 6.43 Å². The monoisotopic (exact) mass is 289 g/mol. The van der Waals surface area contributed by atoms with Crippen molar-refractivity contribution in [1.29, 1.82) is 0 Å². The van der Waals surface area contributed by atoms with Crippen molar-refractivity contribution in [3.8, 4) is 0 Å². The van der Waals surface area contributed by atoms with E-state index in [1.807, 2.05) is 0 Å². The maximum Gasteiger partial charge on any atom is 0.313 e. The Morgan fingerprint density at radius 2 is 2.11 bits per heavy atom. The normalized spacial score (nSPS) is 10.5.